The Morgan fingerprint density at radius 2 is 1.90 bits per heavy atom. The van der Waals surface area contributed by atoms with Gasteiger partial charge in [0, 0.05) is 12.1 Å². The summed E-state index contributed by atoms with van der Waals surface area (Å²) >= 11 is 0. The highest BCUT2D eigenvalue weighted by Crippen LogP contribution is 2.31. The third-order valence-corrected chi connectivity index (χ3v) is 3.39. The van der Waals surface area contributed by atoms with Crippen LogP contribution >= 0.6 is 0 Å². The van der Waals surface area contributed by atoms with Crippen molar-refractivity contribution >= 4 is 11.6 Å². The van der Waals surface area contributed by atoms with Crippen molar-refractivity contribution in [1.29, 1.82) is 0 Å². The van der Waals surface area contributed by atoms with E-state index in [1.807, 2.05) is 5.32 Å². The Bertz CT molecular complexity index is 541. The molecule has 3 N–H and O–H groups in total. The van der Waals surface area contributed by atoms with E-state index in [2.05, 4.69) is 0 Å². The van der Waals surface area contributed by atoms with Gasteiger partial charge in [0.25, 0.3) is 0 Å². The van der Waals surface area contributed by atoms with Crippen LogP contribution in [-0.2, 0) is 9.53 Å². The second-order valence-electron chi connectivity index (χ2n) is 4.84. The highest BCUT2D eigenvalue weighted by Gasteiger charge is 2.45. The van der Waals surface area contributed by atoms with E-state index < -0.39 is 46.3 Å². The minimum atomic E-state index is -1.67. The molecule has 0 saturated carbocycles. The van der Waals surface area contributed by atoms with Crippen molar-refractivity contribution in [3.05, 3.63) is 29.3 Å². The summed E-state index contributed by atoms with van der Waals surface area (Å²) < 4.78 is 58.0. The topological polar surface area (TPSA) is 64.3 Å². The van der Waals surface area contributed by atoms with Crippen LogP contribution in [0.25, 0.3) is 0 Å². The first-order valence-electron chi connectivity index (χ1n) is 5.75. The van der Waals surface area contributed by atoms with Crippen LogP contribution in [-0.4, -0.2) is 25.2 Å². The molecule has 0 radical (unpaired) electrons. The van der Waals surface area contributed by atoms with E-state index in [1.165, 1.54) is 6.92 Å². The molecule has 0 spiro atoms. The Hall–Kier alpha value is -1.67. The highest BCUT2D eigenvalue weighted by atomic mass is 19.2. The van der Waals surface area contributed by atoms with Gasteiger partial charge in [-0.05, 0) is 6.92 Å². The number of amides is 1. The minimum Gasteiger partial charge on any atom is -0.379 e. The van der Waals surface area contributed by atoms with E-state index in [4.69, 9.17) is 10.5 Å². The molecule has 1 fully saturated rings. The molecular formula is C12H12F4N2O2. The summed E-state index contributed by atoms with van der Waals surface area (Å²) in [5.41, 5.74) is 3.27. The van der Waals surface area contributed by atoms with Crippen molar-refractivity contribution < 1.29 is 27.1 Å². The van der Waals surface area contributed by atoms with Gasteiger partial charge in [-0.3, -0.25) is 4.79 Å². The minimum absolute atomic E-state index is 0.0545. The maximum Gasteiger partial charge on any atom is 0.234 e. The number of hydrogen-bond acceptors (Lipinski definition) is 3. The van der Waals surface area contributed by atoms with Gasteiger partial charge in [-0.25, -0.2) is 17.6 Å². The molecule has 1 saturated heterocycles. The van der Waals surface area contributed by atoms with Gasteiger partial charge in [0.05, 0.1) is 18.6 Å². The number of ether oxygens (including phenoxy) is 1. The largest absolute Gasteiger partial charge is 0.379 e. The number of hydrogen-bond donors (Lipinski definition) is 2. The quantitative estimate of drug-likeness (QED) is 0.642. The first kappa shape index (κ1) is 14.7. The second-order valence-corrected chi connectivity index (χ2v) is 4.84. The average Bonchev–Trinajstić information content (AvgIpc) is 2.73. The van der Waals surface area contributed by atoms with Gasteiger partial charge in [-0.1, -0.05) is 0 Å². The molecule has 1 aromatic carbocycles. The molecule has 1 heterocycles. The first-order valence-corrected chi connectivity index (χ1v) is 5.75. The zero-order valence-electron chi connectivity index (χ0n) is 10.5. The first-order chi connectivity index (χ1) is 9.27. The third kappa shape index (κ3) is 2.25. The van der Waals surface area contributed by atoms with Crippen LogP contribution in [0.5, 0.6) is 0 Å². The molecule has 0 aromatic heterocycles. The predicted molar refractivity (Wildman–Crippen MR) is 61.8 cm³/mol. The lowest BCUT2D eigenvalue weighted by Crippen LogP contribution is -2.47. The molecule has 110 valence electrons. The van der Waals surface area contributed by atoms with E-state index in [1.54, 1.807) is 0 Å². The van der Waals surface area contributed by atoms with Crippen molar-refractivity contribution in [3.8, 4) is 0 Å². The molecule has 1 aromatic rings. The summed E-state index contributed by atoms with van der Waals surface area (Å²) in [5.74, 6) is -7.42. The van der Waals surface area contributed by atoms with E-state index in [0.717, 1.165) is 0 Å². The number of halogens is 4. The number of carbonyl (C=O) groups excluding carboxylic acids is 1. The van der Waals surface area contributed by atoms with Gasteiger partial charge in [0.15, 0.2) is 23.3 Å². The molecule has 1 aliphatic heterocycles. The number of rotatable bonds is 2. The molecule has 2 atom stereocenters. The molecule has 1 amide bonds. The maximum atomic E-state index is 13.5. The number of carbonyl (C=O) groups is 1. The van der Waals surface area contributed by atoms with Crippen LogP contribution < -0.4 is 11.1 Å². The maximum absolute atomic E-state index is 13.5. The van der Waals surface area contributed by atoms with Crippen LogP contribution in [0.2, 0.25) is 0 Å². The van der Waals surface area contributed by atoms with E-state index in [0.29, 0.717) is 0 Å². The van der Waals surface area contributed by atoms with Crippen LogP contribution in [0.4, 0.5) is 23.2 Å². The number of benzene rings is 1. The summed E-state index contributed by atoms with van der Waals surface area (Å²) in [5, 5.41) is 1.84. The molecule has 4 nitrogen and oxygen atoms in total. The zero-order chi connectivity index (χ0) is 15.1. The Morgan fingerprint density at radius 1 is 1.35 bits per heavy atom. The van der Waals surface area contributed by atoms with Crippen LogP contribution in [0.15, 0.2) is 6.07 Å². The van der Waals surface area contributed by atoms with Crippen LogP contribution in [0, 0.1) is 28.7 Å². The molecule has 1 aliphatic rings. The monoisotopic (exact) mass is 292 g/mol. The fourth-order valence-electron chi connectivity index (χ4n) is 1.86. The number of nitrogens with two attached hydrogens (primary N) is 1. The summed E-state index contributed by atoms with van der Waals surface area (Å²) in [6, 6.07) is -0.626. The standard InChI is InChI=1S/C12H12F4N2O2/c1-12(4-20-3-7(12)17)11(19)18-10-8(15)5(13)2-6(14)9(10)16/h2,7H,3-4,17H2,1H3,(H,18,19). The number of anilines is 1. The van der Waals surface area contributed by atoms with E-state index in [9.17, 15) is 22.4 Å². The Balaban J connectivity index is 2.33. The van der Waals surface area contributed by atoms with Crippen LogP contribution in [0.3, 0.4) is 0 Å². The Labute approximate surface area is 111 Å². The highest BCUT2D eigenvalue weighted by molar-refractivity contribution is 5.96. The van der Waals surface area contributed by atoms with E-state index in [-0.39, 0.29) is 19.3 Å². The van der Waals surface area contributed by atoms with Gasteiger partial charge in [-0.15, -0.1) is 0 Å². The van der Waals surface area contributed by atoms with Crippen molar-refractivity contribution in [2.45, 2.75) is 13.0 Å². The molecule has 20 heavy (non-hydrogen) atoms. The zero-order valence-corrected chi connectivity index (χ0v) is 10.5. The Morgan fingerprint density at radius 3 is 2.35 bits per heavy atom. The fraction of sp³-hybridized carbons (Fsp3) is 0.417. The van der Waals surface area contributed by atoms with E-state index >= 15 is 0 Å². The van der Waals surface area contributed by atoms with Gasteiger partial charge >= 0.3 is 0 Å². The normalized spacial score (nSPS) is 25.8. The lowest BCUT2D eigenvalue weighted by molar-refractivity contribution is -0.125. The van der Waals surface area contributed by atoms with Gasteiger partial charge in [0.2, 0.25) is 5.91 Å². The fourth-order valence-corrected chi connectivity index (χ4v) is 1.86. The Kier molecular flexibility index (Phi) is 3.70. The van der Waals surface area contributed by atoms with Crippen molar-refractivity contribution in [3.63, 3.8) is 0 Å². The molecule has 2 unspecified atom stereocenters. The van der Waals surface area contributed by atoms with Gasteiger partial charge in [0.1, 0.15) is 5.69 Å². The average molecular weight is 292 g/mol. The number of nitrogens with one attached hydrogen (secondary N) is 1. The molecular weight excluding hydrogens is 280 g/mol. The molecule has 8 heteroatoms. The predicted octanol–water partition coefficient (Wildman–Crippen LogP) is 1.55. The summed E-state index contributed by atoms with van der Waals surface area (Å²) in [6.07, 6.45) is 0. The molecule has 0 aliphatic carbocycles. The summed E-state index contributed by atoms with van der Waals surface area (Å²) in [4.78, 5) is 12.0. The van der Waals surface area contributed by atoms with Crippen molar-refractivity contribution in [2.75, 3.05) is 18.5 Å². The smallest absolute Gasteiger partial charge is 0.234 e. The van der Waals surface area contributed by atoms with Crippen molar-refractivity contribution in [1.82, 2.24) is 0 Å². The van der Waals surface area contributed by atoms with Crippen molar-refractivity contribution in [2.24, 2.45) is 11.1 Å². The lowest BCUT2D eigenvalue weighted by Gasteiger charge is -2.25. The van der Waals surface area contributed by atoms with Crippen LogP contribution in [0.1, 0.15) is 6.92 Å². The summed E-state index contributed by atoms with van der Waals surface area (Å²) in [6.45, 7) is 1.49. The molecule has 2 rings (SSSR count). The molecule has 0 bridgehead atoms. The SMILES string of the molecule is CC1(C(=O)Nc2c(F)c(F)cc(F)c2F)COCC1N. The summed E-state index contributed by atoms with van der Waals surface area (Å²) in [7, 11) is 0. The third-order valence-electron chi connectivity index (χ3n) is 3.39. The second kappa shape index (κ2) is 5.02. The lowest BCUT2D eigenvalue weighted by atomic mass is 9.85. The van der Waals surface area contributed by atoms with Gasteiger partial charge in [-0.2, -0.15) is 0 Å². The van der Waals surface area contributed by atoms with Gasteiger partial charge < -0.3 is 15.8 Å².